The predicted molar refractivity (Wildman–Crippen MR) is 92.8 cm³/mol. The molecule has 23 heavy (non-hydrogen) atoms. The minimum atomic E-state index is -0.505. The lowest BCUT2D eigenvalue weighted by atomic mass is 9.94. The Labute approximate surface area is 141 Å². The molecule has 0 unspecified atom stereocenters. The van der Waals surface area contributed by atoms with Crippen molar-refractivity contribution in [2.45, 2.75) is 25.9 Å². The van der Waals surface area contributed by atoms with Crippen molar-refractivity contribution in [2.24, 2.45) is 0 Å². The lowest BCUT2D eigenvalue weighted by Crippen LogP contribution is -2.46. The van der Waals surface area contributed by atoms with Gasteiger partial charge in [0.05, 0.1) is 12.6 Å². The fraction of sp³-hybridized carbons (Fsp3) is 0.278. The summed E-state index contributed by atoms with van der Waals surface area (Å²) in [4.78, 5) is 12.2. The quantitative estimate of drug-likeness (QED) is 0.866. The average molecular weight is 333 g/mol. The highest BCUT2D eigenvalue weighted by atomic mass is 35.5. The lowest BCUT2D eigenvalue weighted by Gasteiger charge is -2.27. The fourth-order valence-electron chi connectivity index (χ4n) is 2.29. The minimum Gasteiger partial charge on any atom is -0.496 e. The second-order valence-electron chi connectivity index (χ2n) is 5.75. The third kappa shape index (κ3) is 4.63. The molecule has 4 nitrogen and oxygen atoms in total. The molecule has 0 atom stereocenters. The van der Waals surface area contributed by atoms with E-state index in [0.717, 1.165) is 16.9 Å². The third-order valence-corrected chi connectivity index (χ3v) is 3.88. The molecule has 0 heterocycles. The first kappa shape index (κ1) is 17.2. The fourth-order valence-corrected chi connectivity index (χ4v) is 2.42. The molecule has 2 amide bonds. The van der Waals surface area contributed by atoms with Gasteiger partial charge in [-0.05, 0) is 37.6 Å². The van der Waals surface area contributed by atoms with Crippen LogP contribution in [0.5, 0.6) is 5.75 Å². The maximum Gasteiger partial charge on any atom is 0.315 e. The van der Waals surface area contributed by atoms with Gasteiger partial charge in [-0.15, -0.1) is 0 Å². The molecular formula is C18H21ClN2O2. The predicted octanol–water partition coefficient (Wildman–Crippen LogP) is 4.08. The molecule has 0 radical (unpaired) electrons. The summed E-state index contributed by atoms with van der Waals surface area (Å²) in [5.41, 5.74) is 1.40. The Kier molecular flexibility index (Phi) is 5.50. The van der Waals surface area contributed by atoms with Crippen molar-refractivity contribution in [3.63, 3.8) is 0 Å². The van der Waals surface area contributed by atoms with E-state index >= 15 is 0 Å². The molecule has 0 aliphatic heterocycles. The normalized spacial score (nSPS) is 11.0. The van der Waals surface area contributed by atoms with Crippen LogP contribution in [0.4, 0.5) is 4.79 Å². The highest BCUT2D eigenvalue weighted by molar-refractivity contribution is 6.30. The highest BCUT2D eigenvalue weighted by Gasteiger charge is 2.22. The minimum absolute atomic E-state index is 0.240. The number of methoxy groups -OCH3 is 1. The SMILES string of the molecule is COc1ccccc1CNC(=O)NC(C)(C)c1ccc(Cl)cc1. The number of rotatable bonds is 5. The number of hydrogen-bond donors (Lipinski definition) is 2. The molecule has 0 saturated carbocycles. The van der Waals surface area contributed by atoms with Crippen LogP contribution in [-0.4, -0.2) is 13.1 Å². The van der Waals surface area contributed by atoms with Gasteiger partial charge in [-0.2, -0.15) is 0 Å². The molecule has 5 heteroatoms. The molecule has 0 fully saturated rings. The lowest BCUT2D eigenvalue weighted by molar-refractivity contribution is 0.229. The number of urea groups is 1. The van der Waals surface area contributed by atoms with E-state index in [1.807, 2.05) is 62.4 Å². The van der Waals surface area contributed by atoms with Gasteiger partial charge in [0.25, 0.3) is 0 Å². The number of halogens is 1. The Morgan fingerprint density at radius 3 is 2.43 bits per heavy atom. The zero-order valence-corrected chi connectivity index (χ0v) is 14.3. The average Bonchev–Trinajstić information content (AvgIpc) is 2.53. The Balaban J connectivity index is 1.97. The topological polar surface area (TPSA) is 50.4 Å². The van der Waals surface area contributed by atoms with E-state index in [4.69, 9.17) is 16.3 Å². The Morgan fingerprint density at radius 1 is 1.13 bits per heavy atom. The summed E-state index contributed by atoms with van der Waals surface area (Å²) in [5, 5.41) is 6.49. The van der Waals surface area contributed by atoms with E-state index in [-0.39, 0.29) is 6.03 Å². The van der Waals surface area contributed by atoms with Crippen molar-refractivity contribution >= 4 is 17.6 Å². The van der Waals surface area contributed by atoms with Crippen LogP contribution >= 0.6 is 11.6 Å². The van der Waals surface area contributed by atoms with Crippen molar-refractivity contribution < 1.29 is 9.53 Å². The van der Waals surface area contributed by atoms with Crippen LogP contribution in [0.1, 0.15) is 25.0 Å². The number of ether oxygens (including phenoxy) is 1. The molecule has 2 aromatic carbocycles. The van der Waals surface area contributed by atoms with Crippen molar-refractivity contribution in [3.05, 3.63) is 64.7 Å². The number of carbonyl (C=O) groups excluding carboxylic acids is 1. The number of hydrogen-bond acceptors (Lipinski definition) is 2. The van der Waals surface area contributed by atoms with Crippen molar-refractivity contribution in [3.8, 4) is 5.75 Å². The van der Waals surface area contributed by atoms with Gasteiger partial charge in [0, 0.05) is 17.1 Å². The standard InChI is InChI=1S/C18H21ClN2O2/c1-18(2,14-8-10-15(19)11-9-14)21-17(22)20-12-13-6-4-5-7-16(13)23-3/h4-11H,12H2,1-3H3,(H2,20,21,22). The van der Waals surface area contributed by atoms with Gasteiger partial charge < -0.3 is 15.4 Å². The van der Waals surface area contributed by atoms with Crippen LogP contribution in [0.2, 0.25) is 5.02 Å². The summed E-state index contributed by atoms with van der Waals surface area (Å²) >= 11 is 5.90. The molecule has 2 aromatic rings. The molecular weight excluding hydrogens is 312 g/mol. The van der Waals surface area contributed by atoms with Crippen LogP contribution in [-0.2, 0) is 12.1 Å². The largest absolute Gasteiger partial charge is 0.496 e. The first-order valence-corrected chi connectivity index (χ1v) is 7.74. The first-order valence-electron chi connectivity index (χ1n) is 7.36. The Hall–Kier alpha value is -2.20. The van der Waals surface area contributed by atoms with E-state index in [1.165, 1.54) is 0 Å². The first-order chi connectivity index (χ1) is 10.9. The molecule has 0 spiro atoms. The molecule has 0 aliphatic rings. The summed E-state index contributed by atoms with van der Waals surface area (Å²) < 4.78 is 5.27. The second kappa shape index (κ2) is 7.38. The van der Waals surface area contributed by atoms with Gasteiger partial charge in [0.15, 0.2) is 0 Å². The van der Waals surface area contributed by atoms with Gasteiger partial charge in [0.2, 0.25) is 0 Å². The third-order valence-electron chi connectivity index (χ3n) is 3.62. The molecule has 0 saturated heterocycles. The van der Waals surface area contributed by atoms with E-state index < -0.39 is 5.54 Å². The summed E-state index contributed by atoms with van der Waals surface area (Å²) in [7, 11) is 1.61. The van der Waals surface area contributed by atoms with Crippen LogP contribution in [0, 0.1) is 0 Å². The number of carbonyl (C=O) groups is 1. The van der Waals surface area contributed by atoms with Gasteiger partial charge >= 0.3 is 6.03 Å². The van der Waals surface area contributed by atoms with Crippen LogP contribution in [0.3, 0.4) is 0 Å². The van der Waals surface area contributed by atoms with E-state index in [9.17, 15) is 4.79 Å². The highest BCUT2D eigenvalue weighted by Crippen LogP contribution is 2.22. The van der Waals surface area contributed by atoms with Crippen LogP contribution in [0.25, 0.3) is 0 Å². The maximum atomic E-state index is 12.2. The van der Waals surface area contributed by atoms with Gasteiger partial charge in [0.1, 0.15) is 5.75 Å². The Morgan fingerprint density at radius 2 is 1.78 bits per heavy atom. The van der Waals surface area contributed by atoms with Gasteiger partial charge in [-0.25, -0.2) is 4.79 Å². The smallest absolute Gasteiger partial charge is 0.315 e. The summed E-state index contributed by atoms with van der Waals surface area (Å²) in [6.45, 7) is 4.28. The van der Waals surface area contributed by atoms with E-state index in [2.05, 4.69) is 10.6 Å². The Bertz CT molecular complexity index is 669. The molecule has 0 aromatic heterocycles. The van der Waals surface area contributed by atoms with Gasteiger partial charge in [-0.3, -0.25) is 0 Å². The van der Waals surface area contributed by atoms with Crippen molar-refractivity contribution in [1.82, 2.24) is 10.6 Å². The number of nitrogens with one attached hydrogen (secondary N) is 2. The zero-order chi connectivity index (χ0) is 16.9. The van der Waals surface area contributed by atoms with E-state index in [1.54, 1.807) is 7.11 Å². The summed E-state index contributed by atoms with van der Waals surface area (Å²) in [5.74, 6) is 0.754. The summed E-state index contributed by atoms with van der Waals surface area (Å²) in [6, 6.07) is 14.8. The zero-order valence-electron chi connectivity index (χ0n) is 13.5. The maximum absolute atomic E-state index is 12.2. The molecule has 0 aliphatic carbocycles. The van der Waals surface area contributed by atoms with Crippen molar-refractivity contribution in [2.75, 3.05) is 7.11 Å². The summed E-state index contributed by atoms with van der Waals surface area (Å²) in [6.07, 6.45) is 0. The molecule has 2 N–H and O–H groups in total. The van der Waals surface area contributed by atoms with E-state index in [0.29, 0.717) is 11.6 Å². The van der Waals surface area contributed by atoms with Crippen molar-refractivity contribution in [1.29, 1.82) is 0 Å². The van der Waals surface area contributed by atoms with Crippen LogP contribution < -0.4 is 15.4 Å². The monoisotopic (exact) mass is 332 g/mol. The molecule has 0 bridgehead atoms. The van der Waals surface area contributed by atoms with Gasteiger partial charge in [-0.1, -0.05) is 41.9 Å². The number of para-hydroxylation sites is 1. The molecule has 2 rings (SSSR count). The molecule has 122 valence electrons. The second-order valence-corrected chi connectivity index (χ2v) is 6.19. The number of amides is 2. The number of benzene rings is 2. The van der Waals surface area contributed by atoms with Crippen LogP contribution in [0.15, 0.2) is 48.5 Å².